The van der Waals surface area contributed by atoms with Gasteiger partial charge in [-0.3, -0.25) is 19.0 Å². The van der Waals surface area contributed by atoms with Crippen molar-refractivity contribution in [3.63, 3.8) is 0 Å². The van der Waals surface area contributed by atoms with E-state index in [0.29, 0.717) is 42.9 Å². The molecule has 5 atom stereocenters. The molecule has 1 aromatic rings. The number of hydrogen-bond donors (Lipinski definition) is 1. The number of terminal acetylenes is 1. The van der Waals surface area contributed by atoms with Gasteiger partial charge in [0.05, 0.1) is 5.56 Å². The summed E-state index contributed by atoms with van der Waals surface area (Å²) in [6.45, 7) is 3.68. The minimum Gasteiger partial charge on any atom is -0.352 e. The molecule has 3 aliphatic carbocycles. The fourth-order valence-corrected chi connectivity index (χ4v) is 6.36. The van der Waals surface area contributed by atoms with Crippen LogP contribution >= 0.6 is 0 Å². The SMILES string of the molecule is C#CCCC1(CCC(=O)N(C(C(=O)NC(C)C)c2cn(C)c(=O)n(C)c2=O)C2[C@@H]3C[C@@H]3[C@H]3C[C@@H]23)N=N1. The standard InChI is InChI=1S/C26H34N6O4/c1-6-7-9-26(28-29-26)10-8-20(33)32(21-17-11-15(17)16-12-18(16)21)22(23(34)27-14(2)3)19-13-30(4)25(36)31(5)24(19)35/h1,13-18,21-22H,7-12H2,2-5H3,(H,27,34)/t15-,16-,17-,18-,22?/m1/s1. The second-order valence-corrected chi connectivity index (χ2v) is 11.2. The molecule has 4 aliphatic rings. The summed E-state index contributed by atoms with van der Waals surface area (Å²) < 4.78 is 2.29. The van der Waals surface area contributed by atoms with Crippen LogP contribution in [0.15, 0.2) is 26.0 Å². The third kappa shape index (κ3) is 4.18. The molecule has 0 bridgehead atoms. The lowest BCUT2D eigenvalue weighted by Gasteiger charge is -2.38. The number of fused-ring (bicyclic) bond motifs is 3. The zero-order chi connectivity index (χ0) is 25.9. The lowest BCUT2D eigenvalue weighted by atomic mass is 9.97. The monoisotopic (exact) mass is 494 g/mol. The molecule has 10 nitrogen and oxygen atoms in total. The summed E-state index contributed by atoms with van der Waals surface area (Å²) in [7, 11) is 2.94. The number of hydrogen-bond acceptors (Lipinski definition) is 6. The molecule has 1 N–H and O–H groups in total. The maximum Gasteiger partial charge on any atom is 0.330 e. The van der Waals surface area contributed by atoms with Gasteiger partial charge in [-0.05, 0) is 50.4 Å². The first kappa shape index (κ1) is 24.5. The Morgan fingerprint density at radius 2 is 1.81 bits per heavy atom. The van der Waals surface area contributed by atoms with Gasteiger partial charge < -0.3 is 14.8 Å². The largest absolute Gasteiger partial charge is 0.352 e. The topological polar surface area (TPSA) is 118 Å². The Hall–Kier alpha value is -3.22. The fraction of sp³-hybridized carbons (Fsp3) is 0.692. The van der Waals surface area contributed by atoms with Crippen LogP contribution in [0.1, 0.15) is 64.0 Å². The molecule has 10 heteroatoms. The van der Waals surface area contributed by atoms with Gasteiger partial charge in [0, 0.05) is 58.1 Å². The Balaban J connectivity index is 1.53. The first-order valence-corrected chi connectivity index (χ1v) is 12.8. The zero-order valence-corrected chi connectivity index (χ0v) is 21.3. The average molecular weight is 495 g/mol. The predicted molar refractivity (Wildman–Crippen MR) is 132 cm³/mol. The Bertz CT molecular complexity index is 1260. The van der Waals surface area contributed by atoms with E-state index in [9.17, 15) is 19.2 Å². The second kappa shape index (κ2) is 8.71. The van der Waals surface area contributed by atoms with Crippen LogP contribution in [0.4, 0.5) is 0 Å². The van der Waals surface area contributed by atoms with Crippen LogP contribution in [0.2, 0.25) is 0 Å². The smallest absolute Gasteiger partial charge is 0.330 e. The minimum absolute atomic E-state index is 0.0907. The quantitative estimate of drug-likeness (QED) is 0.496. The van der Waals surface area contributed by atoms with Crippen molar-refractivity contribution in [2.24, 2.45) is 48.0 Å². The van der Waals surface area contributed by atoms with Crippen LogP contribution in [0.25, 0.3) is 0 Å². The van der Waals surface area contributed by atoms with E-state index in [2.05, 4.69) is 21.5 Å². The average Bonchev–Trinajstić information content (AvgIpc) is 3.71. The number of nitrogens with one attached hydrogen (secondary N) is 1. The van der Waals surface area contributed by atoms with E-state index >= 15 is 0 Å². The summed E-state index contributed by atoms with van der Waals surface area (Å²) >= 11 is 0. The lowest BCUT2D eigenvalue weighted by Crippen LogP contribution is -2.53. The van der Waals surface area contributed by atoms with E-state index in [1.807, 2.05) is 13.8 Å². The maximum atomic E-state index is 14.0. The number of nitrogens with zero attached hydrogens (tertiary/aromatic N) is 5. The van der Waals surface area contributed by atoms with Crippen molar-refractivity contribution in [2.75, 3.05) is 0 Å². The van der Waals surface area contributed by atoms with Crippen LogP contribution in [0.5, 0.6) is 0 Å². The van der Waals surface area contributed by atoms with Crippen molar-refractivity contribution in [1.82, 2.24) is 19.4 Å². The highest BCUT2D eigenvalue weighted by Crippen LogP contribution is 2.71. The molecular formula is C26H34N6O4. The fourth-order valence-electron chi connectivity index (χ4n) is 6.36. The zero-order valence-electron chi connectivity index (χ0n) is 21.3. The number of carbonyl (C=O) groups excluding carboxylic acids is 2. The molecule has 1 aromatic heterocycles. The van der Waals surface area contributed by atoms with Gasteiger partial charge in [0.25, 0.3) is 5.56 Å². The van der Waals surface area contributed by atoms with Crippen LogP contribution in [-0.2, 0) is 23.7 Å². The Labute approximate surface area is 210 Å². The van der Waals surface area contributed by atoms with Crippen LogP contribution in [0.3, 0.4) is 0 Å². The second-order valence-electron chi connectivity index (χ2n) is 11.2. The molecule has 0 radical (unpaired) electrons. The Morgan fingerprint density at radius 1 is 1.17 bits per heavy atom. The molecule has 3 saturated carbocycles. The van der Waals surface area contributed by atoms with E-state index in [1.54, 1.807) is 11.9 Å². The van der Waals surface area contributed by atoms with E-state index in [0.717, 1.165) is 17.4 Å². The van der Waals surface area contributed by atoms with Crippen molar-refractivity contribution < 1.29 is 9.59 Å². The van der Waals surface area contributed by atoms with Crippen LogP contribution < -0.4 is 16.6 Å². The summed E-state index contributed by atoms with van der Waals surface area (Å²) in [5.41, 5.74) is -1.52. The van der Waals surface area contributed by atoms with Crippen molar-refractivity contribution in [2.45, 2.75) is 76.2 Å². The molecule has 192 valence electrons. The molecule has 0 spiro atoms. The van der Waals surface area contributed by atoms with Gasteiger partial charge >= 0.3 is 5.69 Å². The molecule has 0 aromatic carbocycles. The molecule has 1 aliphatic heterocycles. The van der Waals surface area contributed by atoms with Gasteiger partial charge in [0.2, 0.25) is 11.8 Å². The van der Waals surface area contributed by atoms with Gasteiger partial charge in [-0.25, -0.2) is 4.79 Å². The minimum atomic E-state index is -1.12. The number of aryl methyl sites for hydroxylation is 1. The maximum absolute atomic E-state index is 14.0. The van der Waals surface area contributed by atoms with Gasteiger partial charge in [-0.1, -0.05) is 0 Å². The van der Waals surface area contributed by atoms with E-state index < -0.39 is 28.9 Å². The van der Waals surface area contributed by atoms with E-state index in [1.165, 1.54) is 17.8 Å². The third-order valence-electron chi connectivity index (χ3n) is 8.34. The summed E-state index contributed by atoms with van der Waals surface area (Å²) in [5.74, 6) is 3.92. The first-order chi connectivity index (χ1) is 17.1. The van der Waals surface area contributed by atoms with Crippen molar-refractivity contribution >= 4 is 11.8 Å². The first-order valence-electron chi connectivity index (χ1n) is 12.8. The molecule has 5 rings (SSSR count). The summed E-state index contributed by atoms with van der Waals surface area (Å²) in [6, 6.07) is -1.40. The number of carbonyl (C=O) groups is 2. The molecule has 2 amide bonds. The van der Waals surface area contributed by atoms with Crippen molar-refractivity contribution in [1.29, 1.82) is 0 Å². The normalized spacial score (nSPS) is 28.6. The Kier molecular flexibility index (Phi) is 5.92. The molecule has 1 unspecified atom stereocenters. The van der Waals surface area contributed by atoms with Crippen LogP contribution in [0, 0.1) is 36.0 Å². The number of amides is 2. The summed E-state index contributed by atoms with van der Waals surface area (Å²) in [4.78, 5) is 55.1. The summed E-state index contributed by atoms with van der Waals surface area (Å²) in [5, 5.41) is 11.2. The predicted octanol–water partition coefficient (Wildman–Crippen LogP) is 1.49. The molecule has 36 heavy (non-hydrogen) atoms. The number of rotatable bonds is 10. The highest BCUT2D eigenvalue weighted by molar-refractivity contribution is 5.89. The number of aromatic nitrogens is 2. The van der Waals surface area contributed by atoms with Crippen molar-refractivity contribution in [3.05, 3.63) is 32.6 Å². The Morgan fingerprint density at radius 3 is 2.36 bits per heavy atom. The van der Waals surface area contributed by atoms with Crippen molar-refractivity contribution in [3.8, 4) is 12.3 Å². The van der Waals surface area contributed by atoms with Gasteiger partial charge in [0.15, 0.2) is 5.66 Å². The van der Waals surface area contributed by atoms with E-state index in [-0.39, 0.29) is 30.0 Å². The van der Waals surface area contributed by atoms with Gasteiger partial charge in [0.1, 0.15) is 6.04 Å². The third-order valence-corrected chi connectivity index (χ3v) is 8.34. The molecular weight excluding hydrogens is 460 g/mol. The molecule has 0 saturated heterocycles. The van der Waals surface area contributed by atoms with Gasteiger partial charge in [-0.2, -0.15) is 10.2 Å². The molecule has 2 heterocycles. The summed E-state index contributed by atoms with van der Waals surface area (Å²) in [6.07, 6.45) is 10.6. The highest BCUT2D eigenvalue weighted by Gasteiger charge is 2.69. The van der Waals surface area contributed by atoms with Gasteiger partial charge in [-0.15, -0.1) is 12.3 Å². The van der Waals surface area contributed by atoms with Crippen LogP contribution in [-0.4, -0.2) is 43.6 Å². The van der Waals surface area contributed by atoms with E-state index in [4.69, 9.17) is 6.42 Å². The lowest BCUT2D eigenvalue weighted by molar-refractivity contribution is -0.145. The molecule has 3 fully saturated rings. The highest BCUT2D eigenvalue weighted by atomic mass is 16.2.